The summed E-state index contributed by atoms with van der Waals surface area (Å²) in [5.41, 5.74) is 1.25. The molecule has 4 rings (SSSR count). The second kappa shape index (κ2) is 7.58. The number of amides is 1. The van der Waals surface area contributed by atoms with E-state index < -0.39 is 5.60 Å². The molecule has 0 atom stereocenters. The zero-order chi connectivity index (χ0) is 18.9. The molecule has 2 aromatic heterocycles. The van der Waals surface area contributed by atoms with Gasteiger partial charge < -0.3 is 10.0 Å². The van der Waals surface area contributed by atoms with Gasteiger partial charge in [0.05, 0.1) is 5.60 Å². The summed E-state index contributed by atoms with van der Waals surface area (Å²) in [6.07, 6.45) is 1.15. The summed E-state index contributed by atoms with van der Waals surface area (Å²) in [6.45, 7) is 3.20. The zero-order valence-corrected chi connectivity index (χ0v) is 16.9. The number of likely N-dealkylation sites (tertiary alicyclic amines) is 1. The molecule has 5 heteroatoms. The van der Waals surface area contributed by atoms with Gasteiger partial charge in [-0.3, -0.25) is 4.79 Å². The van der Waals surface area contributed by atoms with Crippen LogP contribution in [0.25, 0.3) is 0 Å². The number of benzene rings is 1. The number of thiophene rings is 2. The van der Waals surface area contributed by atoms with Gasteiger partial charge in [0, 0.05) is 22.8 Å². The Balaban J connectivity index is 1.53. The summed E-state index contributed by atoms with van der Waals surface area (Å²) in [6, 6.07) is 16.1. The number of nitrogens with zero attached hydrogens (tertiary/aromatic N) is 1. The third kappa shape index (κ3) is 3.59. The van der Waals surface area contributed by atoms with Gasteiger partial charge in [-0.05, 0) is 53.8 Å². The lowest BCUT2D eigenvalue weighted by Gasteiger charge is -2.40. The molecule has 3 heterocycles. The van der Waals surface area contributed by atoms with Crippen molar-refractivity contribution in [3.8, 4) is 0 Å². The van der Waals surface area contributed by atoms with E-state index in [0.29, 0.717) is 25.9 Å². The van der Waals surface area contributed by atoms with E-state index in [4.69, 9.17) is 0 Å². The van der Waals surface area contributed by atoms with Crippen molar-refractivity contribution >= 4 is 28.6 Å². The van der Waals surface area contributed by atoms with E-state index in [1.165, 1.54) is 0 Å². The second-order valence-electron chi connectivity index (χ2n) is 7.14. The summed E-state index contributed by atoms with van der Waals surface area (Å²) in [5, 5.41) is 15.2. The molecule has 27 heavy (non-hydrogen) atoms. The highest BCUT2D eigenvalue weighted by molar-refractivity contribution is 7.11. The van der Waals surface area contributed by atoms with Crippen LogP contribution in [0.2, 0.25) is 0 Å². The Labute approximate surface area is 167 Å². The van der Waals surface area contributed by atoms with E-state index in [1.54, 1.807) is 22.7 Å². The SMILES string of the molecule is Cc1ccccc1C1(O)CCN(C(=O)C(c2cccs2)c2cccs2)CC1. The Morgan fingerprint density at radius 2 is 1.59 bits per heavy atom. The van der Waals surface area contributed by atoms with Crippen LogP contribution in [0.4, 0.5) is 0 Å². The Morgan fingerprint density at radius 3 is 2.11 bits per heavy atom. The maximum Gasteiger partial charge on any atom is 0.236 e. The summed E-state index contributed by atoms with van der Waals surface area (Å²) in [5.74, 6) is -0.0820. The first-order valence-electron chi connectivity index (χ1n) is 9.22. The third-order valence-corrected chi connectivity index (χ3v) is 7.33. The molecule has 1 N–H and O–H groups in total. The summed E-state index contributed by atoms with van der Waals surface area (Å²) < 4.78 is 0. The largest absolute Gasteiger partial charge is 0.385 e. The molecule has 140 valence electrons. The van der Waals surface area contributed by atoms with Gasteiger partial charge in [-0.15, -0.1) is 22.7 Å². The number of hydrogen-bond acceptors (Lipinski definition) is 4. The second-order valence-corrected chi connectivity index (χ2v) is 9.09. The Hall–Kier alpha value is -1.95. The van der Waals surface area contributed by atoms with Crippen molar-refractivity contribution < 1.29 is 9.90 Å². The molecule has 3 nitrogen and oxygen atoms in total. The first kappa shape index (κ1) is 18.4. The first-order chi connectivity index (χ1) is 13.1. The number of aryl methyl sites for hydroxylation is 1. The van der Waals surface area contributed by atoms with Crippen LogP contribution in [0.3, 0.4) is 0 Å². The van der Waals surface area contributed by atoms with Crippen LogP contribution in [0.15, 0.2) is 59.3 Å². The number of rotatable bonds is 4. The van der Waals surface area contributed by atoms with Gasteiger partial charge in [0.25, 0.3) is 0 Å². The van der Waals surface area contributed by atoms with E-state index in [9.17, 15) is 9.90 Å². The topological polar surface area (TPSA) is 40.5 Å². The van der Waals surface area contributed by atoms with Crippen LogP contribution >= 0.6 is 22.7 Å². The minimum atomic E-state index is -0.844. The van der Waals surface area contributed by atoms with Crippen LogP contribution in [-0.2, 0) is 10.4 Å². The van der Waals surface area contributed by atoms with Crippen molar-refractivity contribution in [1.29, 1.82) is 0 Å². The van der Waals surface area contributed by atoms with Crippen molar-refractivity contribution in [3.05, 3.63) is 80.2 Å². The lowest BCUT2D eigenvalue weighted by Crippen LogP contribution is -2.46. The van der Waals surface area contributed by atoms with E-state index in [1.807, 2.05) is 71.1 Å². The van der Waals surface area contributed by atoms with E-state index in [-0.39, 0.29) is 11.8 Å². The van der Waals surface area contributed by atoms with Crippen molar-refractivity contribution in [2.24, 2.45) is 0 Å². The number of aliphatic hydroxyl groups is 1. The fraction of sp³-hybridized carbons (Fsp3) is 0.318. The first-order valence-corrected chi connectivity index (χ1v) is 11.0. The molecule has 0 saturated carbocycles. The molecule has 0 bridgehead atoms. The maximum absolute atomic E-state index is 13.4. The molecule has 0 radical (unpaired) electrons. The Kier molecular flexibility index (Phi) is 5.17. The van der Waals surface area contributed by atoms with Gasteiger partial charge in [0.15, 0.2) is 0 Å². The number of carbonyl (C=O) groups is 1. The van der Waals surface area contributed by atoms with Gasteiger partial charge in [-0.25, -0.2) is 0 Å². The number of hydrogen-bond donors (Lipinski definition) is 1. The van der Waals surface area contributed by atoms with Crippen LogP contribution in [0.1, 0.15) is 39.6 Å². The lowest BCUT2D eigenvalue weighted by atomic mass is 9.82. The maximum atomic E-state index is 13.4. The lowest BCUT2D eigenvalue weighted by molar-refractivity contribution is -0.136. The fourth-order valence-corrected chi connectivity index (χ4v) is 5.68. The van der Waals surface area contributed by atoms with Crippen molar-refractivity contribution in [3.63, 3.8) is 0 Å². The highest BCUT2D eigenvalue weighted by atomic mass is 32.1. The molecule has 1 aliphatic rings. The zero-order valence-electron chi connectivity index (χ0n) is 15.3. The summed E-state index contributed by atoms with van der Waals surface area (Å²) in [4.78, 5) is 17.5. The van der Waals surface area contributed by atoms with Crippen LogP contribution < -0.4 is 0 Å². The number of carbonyl (C=O) groups excluding carboxylic acids is 1. The molecular weight excluding hydrogens is 374 g/mol. The van der Waals surface area contributed by atoms with E-state index in [0.717, 1.165) is 20.9 Å². The average molecular weight is 398 g/mol. The minimum Gasteiger partial charge on any atom is -0.385 e. The molecule has 0 unspecified atom stereocenters. The van der Waals surface area contributed by atoms with Gasteiger partial charge in [0.1, 0.15) is 5.92 Å². The monoisotopic (exact) mass is 397 g/mol. The molecule has 1 aromatic carbocycles. The quantitative estimate of drug-likeness (QED) is 0.689. The molecule has 0 aliphatic carbocycles. The standard InChI is InChI=1S/C22H23NO2S2/c1-16-6-2-3-7-17(16)22(25)10-12-23(13-11-22)21(24)20(18-8-4-14-26-18)19-9-5-15-27-19/h2-9,14-15,20,25H,10-13H2,1H3. The molecule has 0 spiro atoms. The van der Waals surface area contributed by atoms with Crippen molar-refractivity contribution in [1.82, 2.24) is 4.90 Å². The number of piperidine rings is 1. The third-order valence-electron chi connectivity index (χ3n) is 5.45. The summed E-state index contributed by atoms with van der Waals surface area (Å²) >= 11 is 3.26. The Morgan fingerprint density at radius 1 is 1.00 bits per heavy atom. The van der Waals surface area contributed by atoms with Crippen molar-refractivity contribution in [2.45, 2.75) is 31.3 Å². The highest BCUT2D eigenvalue weighted by Gasteiger charge is 2.38. The Bertz CT molecular complexity index is 860. The normalized spacial score (nSPS) is 16.6. The average Bonchev–Trinajstić information content (AvgIpc) is 3.37. The predicted octanol–water partition coefficient (Wildman–Crippen LogP) is 4.76. The molecule has 1 fully saturated rings. The molecule has 3 aromatic rings. The molecular formula is C22H23NO2S2. The molecule has 1 saturated heterocycles. The van der Waals surface area contributed by atoms with Crippen LogP contribution in [0.5, 0.6) is 0 Å². The summed E-state index contributed by atoms with van der Waals surface area (Å²) in [7, 11) is 0. The van der Waals surface area contributed by atoms with E-state index >= 15 is 0 Å². The van der Waals surface area contributed by atoms with Gasteiger partial charge >= 0.3 is 0 Å². The van der Waals surface area contributed by atoms with E-state index in [2.05, 4.69) is 0 Å². The molecule has 1 aliphatic heterocycles. The predicted molar refractivity (Wildman–Crippen MR) is 111 cm³/mol. The van der Waals surface area contributed by atoms with Crippen molar-refractivity contribution in [2.75, 3.05) is 13.1 Å². The fourth-order valence-electron chi connectivity index (χ4n) is 3.94. The smallest absolute Gasteiger partial charge is 0.236 e. The van der Waals surface area contributed by atoms with Crippen LogP contribution in [-0.4, -0.2) is 29.0 Å². The van der Waals surface area contributed by atoms with Crippen LogP contribution in [0, 0.1) is 6.92 Å². The highest BCUT2D eigenvalue weighted by Crippen LogP contribution is 2.38. The van der Waals surface area contributed by atoms with Gasteiger partial charge in [0.2, 0.25) is 5.91 Å². The minimum absolute atomic E-state index is 0.145. The van der Waals surface area contributed by atoms with Gasteiger partial charge in [-0.2, -0.15) is 0 Å². The molecule has 1 amide bonds. The van der Waals surface area contributed by atoms with Gasteiger partial charge in [-0.1, -0.05) is 36.4 Å².